The lowest BCUT2D eigenvalue weighted by Gasteiger charge is -2.20. The van der Waals surface area contributed by atoms with Crippen molar-refractivity contribution in [3.8, 4) is 0 Å². The molecular formula is C14H24N4O. The molecule has 0 bridgehead atoms. The van der Waals surface area contributed by atoms with Crippen LogP contribution in [-0.4, -0.2) is 47.5 Å². The maximum atomic E-state index is 12.1. The minimum absolute atomic E-state index is 0.0629. The molecule has 19 heavy (non-hydrogen) atoms. The first-order chi connectivity index (χ1) is 9.13. The van der Waals surface area contributed by atoms with E-state index >= 15 is 0 Å². The number of anilines is 1. The zero-order valence-corrected chi connectivity index (χ0v) is 12.4. The molecule has 0 aliphatic heterocycles. The largest absolute Gasteiger partial charge is 0.356 e. The van der Waals surface area contributed by atoms with Gasteiger partial charge in [-0.25, -0.2) is 9.97 Å². The standard InChI is InChI=1S/C14H24N4O/c1-5-8-9-17(4)14(19)12-10-16-13(11-15-12)18(6-2)7-3/h10-11H,5-9H2,1-4H3. The maximum Gasteiger partial charge on any atom is 0.273 e. The SMILES string of the molecule is CCCCN(C)C(=O)c1cnc(N(CC)CC)cn1. The number of unbranched alkanes of at least 4 members (excludes halogenated alkanes) is 1. The summed E-state index contributed by atoms with van der Waals surface area (Å²) in [7, 11) is 1.80. The molecular weight excluding hydrogens is 240 g/mol. The van der Waals surface area contributed by atoms with Crippen LogP contribution in [0.2, 0.25) is 0 Å². The molecule has 106 valence electrons. The summed E-state index contributed by atoms with van der Waals surface area (Å²) < 4.78 is 0. The molecule has 0 N–H and O–H groups in total. The Morgan fingerprint density at radius 2 is 1.84 bits per heavy atom. The molecule has 0 unspecified atom stereocenters. The molecule has 1 aromatic heterocycles. The van der Waals surface area contributed by atoms with Crippen LogP contribution in [-0.2, 0) is 0 Å². The van der Waals surface area contributed by atoms with Crippen LogP contribution >= 0.6 is 0 Å². The van der Waals surface area contributed by atoms with Gasteiger partial charge in [0.05, 0.1) is 12.4 Å². The molecule has 5 heteroatoms. The minimum Gasteiger partial charge on any atom is -0.356 e. The Bertz CT molecular complexity index is 387. The van der Waals surface area contributed by atoms with Crippen molar-refractivity contribution in [3.63, 3.8) is 0 Å². The van der Waals surface area contributed by atoms with Gasteiger partial charge in [-0.1, -0.05) is 13.3 Å². The van der Waals surface area contributed by atoms with Crippen LogP contribution < -0.4 is 4.90 Å². The molecule has 0 atom stereocenters. The molecule has 0 aliphatic carbocycles. The molecule has 0 radical (unpaired) electrons. The van der Waals surface area contributed by atoms with E-state index in [0.29, 0.717) is 5.69 Å². The second kappa shape index (κ2) is 7.71. The fourth-order valence-corrected chi connectivity index (χ4v) is 1.83. The summed E-state index contributed by atoms with van der Waals surface area (Å²) in [5.41, 5.74) is 0.412. The fourth-order valence-electron chi connectivity index (χ4n) is 1.83. The molecule has 1 amide bonds. The predicted molar refractivity (Wildman–Crippen MR) is 77.5 cm³/mol. The van der Waals surface area contributed by atoms with Crippen molar-refractivity contribution in [1.82, 2.24) is 14.9 Å². The first kappa shape index (κ1) is 15.4. The monoisotopic (exact) mass is 264 g/mol. The predicted octanol–water partition coefficient (Wildman–Crippen LogP) is 2.19. The normalized spacial score (nSPS) is 10.3. The highest BCUT2D eigenvalue weighted by Gasteiger charge is 2.13. The van der Waals surface area contributed by atoms with E-state index in [9.17, 15) is 4.79 Å². The summed E-state index contributed by atoms with van der Waals surface area (Å²) in [4.78, 5) is 24.4. The molecule has 5 nitrogen and oxygen atoms in total. The van der Waals surface area contributed by atoms with Crippen LogP contribution in [0.15, 0.2) is 12.4 Å². The van der Waals surface area contributed by atoms with Gasteiger partial charge in [0.25, 0.3) is 5.91 Å². The van der Waals surface area contributed by atoms with Gasteiger partial charge in [0.2, 0.25) is 0 Å². The topological polar surface area (TPSA) is 49.3 Å². The van der Waals surface area contributed by atoms with Crippen molar-refractivity contribution < 1.29 is 4.79 Å². The highest BCUT2D eigenvalue weighted by atomic mass is 16.2. The van der Waals surface area contributed by atoms with Crippen molar-refractivity contribution in [2.24, 2.45) is 0 Å². The molecule has 0 saturated carbocycles. The fraction of sp³-hybridized carbons (Fsp3) is 0.643. The van der Waals surface area contributed by atoms with Gasteiger partial charge < -0.3 is 9.80 Å². The lowest BCUT2D eigenvalue weighted by atomic mass is 10.3. The second-order valence-corrected chi connectivity index (χ2v) is 4.51. The van der Waals surface area contributed by atoms with Crippen LogP contribution in [0, 0.1) is 0 Å². The number of rotatable bonds is 7. The van der Waals surface area contributed by atoms with Gasteiger partial charge in [0.1, 0.15) is 11.5 Å². The highest BCUT2D eigenvalue weighted by Crippen LogP contribution is 2.09. The van der Waals surface area contributed by atoms with E-state index in [-0.39, 0.29) is 5.91 Å². The van der Waals surface area contributed by atoms with Crippen molar-refractivity contribution >= 4 is 11.7 Å². The zero-order chi connectivity index (χ0) is 14.3. The van der Waals surface area contributed by atoms with Gasteiger partial charge in [0, 0.05) is 26.7 Å². The van der Waals surface area contributed by atoms with E-state index in [0.717, 1.165) is 38.3 Å². The summed E-state index contributed by atoms with van der Waals surface area (Å²) in [6.45, 7) is 8.78. The van der Waals surface area contributed by atoms with Crippen LogP contribution in [0.25, 0.3) is 0 Å². The number of carbonyl (C=O) groups is 1. The highest BCUT2D eigenvalue weighted by molar-refractivity contribution is 5.91. The summed E-state index contributed by atoms with van der Waals surface area (Å²) in [6, 6.07) is 0. The van der Waals surface area contributed by atoms with Gasteiger partial charge in [-0.05, 0) is 20.3 Å². The summed E-state index contributed by atoms with van der Waals surface area (Å²) in [6.07, 6.45) is 5.32. The number of hydrogen-bond donors (Lipinski definition) is 0. The van der Waals surface area contributed by atoms with Gasteiger partial charge in [-0.3, -0.25) is 4.79 Å². The molecule has 1 heterocycles. The van der Waals surface area contributed by atoms with Crippen molar-refractivity contribution in [2.45, 2.75) is 33.6 Å². The first-order valence-electron chi connectivity index (χ1n) is 6.96. The molecule has 1 aromatic rings. The van der Waals surface area contributed by atoms with Gasteiger partial charge in [-0.2, -0.15) is 0 Å². The average Bonchev–Trinajstić information content (AvgIpc) is 2.46. The van der Waals surface area contributed by atoms with E-state index < -0.39 is 0 Å². The zero-order valence-electron chi connectivity index (χ0n) is 12.4. The smallest absolute Gasteiger partial charge is 0.273 e. The molecule has 1 rings (SSSR count). The van der Waals surface area contributed by atoms with E-state index in [4.69, 9.17) is 0 Å². The Morgan fingerprint density at radius 1 is 1.16 bits per heavy atom. The van der Waals surface area contributed by atoms with E-state index in [1.165, 1.54) is 0 Å². The molecule has 0 fully saturated rings. The number of carbonyl (C=O) groups excluding carboxylic acids is 1. The van der Waals surface area contributed by atoms with Crippen molar-refractivity contribution in [2.75, 3.05) is 31.6 Å². The minimum atomic E-state index is -0.0629. The Labute approximate surface area is 115 Å². The summed E-state index contributed by atoms with van der Waals surface area (Å²) in [5, 5.41) is 0. The Kier molecular flexibility index (Phi) is 6.25. The maximum absolute atomic E-state index is 12.1. The quantitative estimate of drug-likeness (QED) is 0.757. The third-order valence-electron chi connectivity index (χ3n) is 3.14. The van der Waals surface area contributed by atoms with Gasteiger partial charge >= 0.3 is 0 Å². The van der Waals surface area contributed by atoms with Crippen LogP contribution in [0.3, 0.4) is 0 Å². The summed E-state index contributed by atoms with van der Waals surface area (Å²) >= 11 is 0. The third kappa shape index (κ3) is 4.19. The summed E-state index contributed by atoms with van der Waals surface area (Å²) in [5.74, 6) is 0.754. The van der Waals surface area contributed by atoms with Crippen LogP contribution in [0.4, 0.5) is 5.82 Å². The number of aromatic nitrogens is 2. The third-order valence-corrected chi connectivity index (χ3v) is 3.14. The van der Waals surface area contributed by atoms with E-state index in [2.05, 4.69) is 35.6 Å². The first-order valence-corrected chi connectivity index (χ1v) is 6.96. The van der Waals surface area contributed by atoms with E-state index in [1.807, 2.05) is 0 Å². The van der Waals surface area contributed by atoms with E-state index in [1.54, 1.807) is 24.3 Å². The number of amides is 1. The lowest BCUT2D eigenvalue weighted by molar-refractivity contribution is 0.0787. The van der Waals surface area contributed by atoms with Gasteiger partial charge in [0.15, 0.2) is 0 Å². The Balaban J connectivity index is 2.72. The second-order valence-electron chi connectivity index (χ2n) is 4.51. The molecule has 0 saturated heterocycles. The molecule has 0 spiro atoms. The number of hydrogen-bond acceptors (Lipinski definition) is 4. The Hall–Kier alpha value is -1.65. The lowest BCUT2D eigenvalue weighted by Crippen LogP contribution is -2.29. The van der Waals surface area contributed by atoms with Gasteiger partial charge in [-0.15, -0.1) is 0 Å². The molecule has 0 aliphatic rings. The van der Waals surface area contributed by atoms with Crippen molar-refractivity contribution in [3.05, 3.63) is 18.1 Å². The van der Waals surface area contributed by atoms with Crippen LogP contribution in [0.5, 0.6) is 0 Å². The molecule has 0 aromatic carbocycles. The average molecular weight is 264 g/mol. The van der Waals surface area contributed by atoms with Crippen molar-refractivity contribution in [1.29, 1.82) is 0 Å². The Morgan fingerprint density at radius 3 is 2.32 bits per heavy atom. The number of nitrogens with zero attached hydrogens (tertiary/aromatic N) is 4. The van der Waals surface area contributed by atoms with Crippen LogP contribution in [0.1, 0.15) is 44.1 Å².